The highest BCUT2D eigenvalue weighted by Gasteiger charge is 2.20. The quantitative estimate of drug-likeness (QED) is 0.482. The van der Waals surface area contributed by atoms with Gasteiger partial charge >= 0.3 is 0 Å². The summed E-state index contributed by atoms with van der Waals surface area (Å²) in [5.41, 5.74) is 5.96. The minimum Gasteiger partial charge on any atom is -0.398 e. The molecule has 0 heterocycles. The Balaban J connectivity index is 2.07. The van der Waals surface area contributed by atoms with Crippen LogP contribution in [0, 0.1) is 16.0 Å². The van der Waals surface area contributed by atoms with E-state index < -0.39 is 4.92 Å². The van der Waals surface area contributed by atoms with Gasteiger partial charge in [-0.3, -0.25) is 14.9 Å². The minimum absolute atomic E-state index is 0.127. The topological polar surface area (TPSA) is 98.3 Å². The highest BCUT2D eigenvalue weighted by atomic mass is 16.6. The summed E-state index contributed by atoms with van der Waals surface area (Å²) in [5.74, 6) is 0.192. The van der Waals surface area contributed by atoms with Gasteiger partial charge in [0.15, 0.2) is 0 Å². The summed E-state index contributed by atoms with van der Waals surface area (Å²) in [6.45, 7) is 0.612. The fraction of sp³-hybridized carbons (Fsp3) is 0.417. The van der Waals surface area contributed by atoms with E-state index in [1.165, 1.54) is 24.6 Å². The van der Waals surface area contributed by atoms with Crippen LogP contribution in [0.4, 0.5) is 11.4 Å². The van der Waals surface area contributed by atoms with Crippen molar-refractivity contribution in [2.75, 3.05) is 12.3 Å². The van der Waals surface area contributed by atoms with Gasteiger partial charge in [0.25, 0.3) is 11.6 Å². The summed E-state index contributed by atoms with van der Waals surface area (Å²) in [5, 5.41) is 13.4. The molecule has 0 unspecified atom stereocenters. The fourth-order valence-corrected chi connectivity index (χ4v) is 1.88. The Kier molecular flexibility index (Phi) is 3.45. The van der Waals surface area contributed by atoms with Crippen LogP contribution in [0.5, 0.6) is 0 Å². The number of hydrogen-bond donors (Lipinski definition) is 2. The molecule has 2 rings (SSSR count). The van der Waals surface area contributed by atoms with Crippen molar-refractivity contribution >= 4 is 17.3 Å². The van der Waals surface area contributed by atoms with E-state index in [1.807, 2.05) is 0 Å². The van der Waals surface area contributed by atoms with Crippen LogP contribution in [0.15, 0.2) is 18.2 Å². The van der Waals surface area contributed by atoms with Gasteiger partial charge in [-0.2, -0.15) is 0 Å². The van der Waals surface area contributed by atoms with Crippen LogP contribution in [0.2, 0.25) is 0 Å². The van der Waals surface area contributed by atoms with Gasteiger partial charge in [-0.15, -0.1) is 0 Å². The zero-order valence-corrected chi connectivity index (χ0v) is 9.89. The average Bonchev–Trinajstić information content (AvgIpc) is 2.26. The molecule has 3 N–H and O–H groups in total. The van der Waals surface area contributed by atoms with E-state index in [2.05, 4.69) is 5.32 Å². The maximum Gasteiger partial charge on any atom is 0.270 e. The van der Waals surface area contributed by atoms with Crippen molar-refractivity contribution in [1.82, 2.24) is 5.32 Å². The van der Waals surface area contributed by atoms with Crippen molar-refractivity contribution in [3.63, 3.8) is 0 Å². The number of nitrogen functional groups attached to an aromatic ring is 1. The van der Waals surface area contributed by atoms with Crippen molar-refractivity contribution in [2.24, 2.45) is 5.92 Å². The summed E-state index contributed by atoms with van der Waals surface area (Å²) in [6, 6.07) is 3.89. The number of nitrogens with one attached hydrogen (secondary N) is 1. The standard InChI is InChI=1S/C12H15N3O3/c13-11-5-4-9(15(17)18)6-10(11)12(16)14-7-8-2-1-3-8/h4-6,8H,1-3,7,13H2,(H,14,16). The van der Waals surface area contributed by atoms with E-state index in [-0.39, 0.29) is 22.8 Å². The van der Waals surface area contributed by atoms with E-state index in [9.17, 15) is 14.9 Å². The summed E-state index contributed by atoms with van der Waals surface area (Å²) in [4.78, 5) is 22.0. The van der Waals surface area contributed by atoms with Gasteiger partial charge in [-0.05, 0) is 24.8 Å². The predicted molar refractivity (Wildman–Crippen MR) is 67.2 cm³/mol. The molecular weight excluding hydrogens is 234 g/mol. The number of hydrogen-bond acceptors (Lipinski definition) is 4. The highest BCUT2D eigenvalue weighted by molar-refractivity contribution is 5.99. The number of anilines is 1. The van der Waals surface area contributed by atoms with Crippen LogP contribution in [-0.4, -0.2) is 17.4 Å². The number of amides is 1. The molecule has 6 heteroatoms. The van der Waals surface area contributed by atoms with E-state index >= 15 is 0 Å². The summed E-state index contributed by atoms with van der Waals surface area (Å²) in [7, 11) is 0. The van der Waals surface area contributed by atoms with Crippen molar-refractivity contribution in [1.29, 1.82) is 0 Å². The molecule has 1 saturated carbocycles. The van der Waals surface area contributed by atoms with Gasteiger partial charge < -0.3 is 11.1 Å². The van der Waals surface area contributed by atoms with E-state index in [0.717, 1.165) is 12.8 Å². The molecule has 1 aliphatic rings. The molecule has 6 nitrogen and oxygen atoms in total. The number of non-ortho nitro benzene ring substituents is 1. The monoisotopic (exact) mass is 249 g/mol. The van der Waals surface area contributed by atoms with E-state index in [0.29, 0.717) is 12.5 Å². The lowest BCUT2D eigenvalue weighted by Gasteiger charge is -2.25. The Labute approximate surface area is 104 Å². The van der Waals surface area contributed by atoms with Gasteiger partial charge in [0.05, 0.1) is 10.5 Å². The molecule has 1 aliphatic carbocycles. The number of nitrogens with zero attached hydrogens (tertiary/aromatic N) is 1. The van der Waals surface area contributed by atoms with Crippen LogP contribution in [0.3, 0.4) is 0 Å². The molecule has 0 atom stereocenters. The van der Waals surface area contributed by atoms with Crippen LogP contribution in [-0.2, 0) is 0 Å². The maximum atomic E-state index is 11.9. The van der Waals surface area contributed by atoms with Gasteiger partial charge in [0.1, 0.15) is 0 Å². The maximum absolute atomic E-state index is 11.9. The number of nitrogens with two attached hydrogens (primary N) is 1. The molecule has 1 aromatic carbocycles. The largest absolute Gasteiger partial charge is 0.398 e. The molecule has 0 bridgehead atoms. The molecule has 1 fully saturated rings. The number of nitro groups is 1. The Morgan fingerprint density at radius 2 is 2.22 bits per heavy atom. The molecule has 0 spiro atoms. The van der Waals surface area contributed by atoms with Crippen LogP contribution < -0.4 is 11.1 Å². The second-order valence-corrected chi connectivity index (χ2v) is 4.54. The van der Waals surface area contributed by atoms with Gasteiger partial charge in [-0.1, -0.05) is 6.42 Å². The molecule has 1 aromatic rings. The predicted octanol–water partition coefficient (Wildman–Crippen LogP) is 1.71. The van der Waals surface area contributed by atoms with Gasteiger partial charge in [0, 0.05) is 24.4 Å². The zero-order chi connectivity index (χ0) is 13.1. The van der Waals surface area contributed by atoms with Crippen LogP contribution in [0.1, 0.15) is 29.6 Å². The van der Waals surface area contributed by atoms with E-state index in [4.69, 9.17) is 5.73 Å². The lowest BCUT2D eigenvalue weighted by atomic mass is 9.85. The molecule has 96 valence electrons. The Bertz CT molecular complexity index is 483. The Morgan fingerprint density at radius 3 is 2.78 bits per heavy atom. The Morgan fingerprint density at radius 1 is 1.50 bits per heavy atom. The molecular formula is C12H15N3O3. The Hall–Kier alpha value is -2.11. The lowest BCUT2D eigenvalue weighted by Crippen LogP contribution is -2.32. The van der Waals surface area contributed by atoms with Gasteiger partial charge in [-0.25, -0.2) is 0 Å². The van der Waals surface area contributed by atoms with Crippen molar-refractivity contribution < 1.29 is 9.72 Å². The first-order valence-electron chi connectivity index (χ1n) is 5.90. The summed E-state index contributed by atoms with van der Waals surface area (Å²) >= 11 is 0. The van der Waals surface area contributed by atoms with Gasteiger partial charge in [0.2, 0.25) is 0 Å². The van der Waals surface area contributed by atoms with E-state index in [1.54, 1.807) is 0 Å². The molecule has 0 radical (unpaired) electrons. The van der Waals surface area contributed by atoms with Crippen molar-refractivity contribution in [3.8, 4) is 0 Å². The first kappa shape index (κ1) is 12.3. The molecule has 0 saturated heterocycles. The molecule has 0 aliphatic heterocycles. The molecule has 0 aromatic heterocycles. The number of benzene rings is 1. The highest BCUT2D eigenvalue weighted by Crippen LogP contribution is 2.25. The zero-order valence-electron chi connectivity index (χ0n) is 9.89. The smallest absolute Gasteiger partial charge is 0.270 e. The molecule has 1 amide bonds. The third kappa shape index (κ3) is 2.58. The first-order valence-corrected chi connectivity index (χ1v) is 5.90. The fourth-order valence-electron chi connectivity index (χ4n) is 1.88. The van der Waals surface area contributed by atoms with Crippen molar-refractivity contribution in [3.05, 3.63) is 33.9 Å². The minimum atomic E-state index is -0.540. The number of rotatable bonds is 4. The SMILES string of the molecule is Nc1ccc([N+](=O)[O-])cc1C(=O)NCC1CCC1. The van der Waals surface area contributed by atoms with Crippen LogP contribution >= 0.6 is 0 Å². The van der Waals surface area contributed by atoms with Crippen LogP contribution in [0.25, 0.3) is 0 Å². The normalized spacial score (nSPS) is 14.9. The second-order valence-electron chi connectivity index (χ2n) is 4.54. The lowest BCUT2D eigenvalue weighted by molar-refractivity contribution is -0.384. The number of carbonyl (C=O) groups excluding carboxylic acids is 1. The average molecular weight is 249 g/mol. The summed E-state index contributed by atoms with van der Waals surface area (Å²) in [6.07, 6.45) is 3.47. The third-order valence-electron chi connectivity index (χ3n) is 3.27. The van der Waals surface area contributed by atoms with Crippen molar-refractivity contribution in [2.45, 2.75) is 19.3 Å². The first-order chi connectivity index (χ1) is 8.58. The third-order valence-corrected chi connectivity index (χ3v) is 3.27. The summed E-state index contributed by atoms with van der Waals surface area (Å²) < 4.78 is 0. The number of nitro benzene ring substituents is 1. The molecule has 18 heavy (non-hydrogen) atoms. The number of carbonyl (C=O) groups is 1. The second kappa shape index (κ2) is 5.03.